The van der Waals surface area contributed by atoms with E-state index < -0.39 is 0 Å². The average molecular weight is 233 g/mol. The molecule has 0 saturated heterocycles. The molecule has 90 valence electrons. The van der Waals surface area contributed by atoms with E-state index >= 15 is 0 Å². The lowest BCUT2D eigenvalue weighted by Gasteiger charge is -2.11. The minimum atomic E-state index is -0.267. The van der Waals surface area contributed by atoms with Crippen molar-refractivity contribution in [3.8, 4) is 0 Å². The minimum absolute atomic E-state index is 0.230. The zero-order valence-corrected chi connectivity index (χ0v) is 9.81. The molecule has 0 amide bonds. The summed E-state index contributed by atoms with van der Waals surface area (Å²) in [5, 5.41) is 4.09. The molecule has 0 radical (unpaired) electrons. The Hall–Kier alpha value is -1.68. The lowest BCUT2D eigenvalue weighted by molar-refractivity contribution is 0.564. The molecule has 0 saturated carbocycles. The largest absolute Gasteiger partial charge is 0.324 e. The molecule has 1 heterocycles. The van der Waals surface area contributed by atoms with E-state index in [0.717, 1.165) is 12.0 Å². The Balaban J connectivity index is 1.98. The standard InChI is InChI=1S/C13H16FN3/c1-17-9-10(8-16-17)6-7-13(15)11-4-2-3-5-12(11)14/h2-5,8-9,13H,6-7,15H2,1H3. The van der Waals surface area contributed by atoms with Crippen LogP contribution in [0, 0.1) is 5.82 Å². The first kappa shape index (κ1) is 11.8. The third-order valence-electron chi connectivity index (χ3n) is 2.81. The number of benzene rings is 1. The van der Waals surface area contributed by atoms with Crippen LogP contribution in [0.2, 0.25) is 0 Å². The van der Waals surface area contributed by atoms with Crippen LogP contribution in [0.25, 0.3) is 0 Å². The predicted molar refractivity (Wildman–Crippen MR) is 64.9 cm³/mol. The van der Waals surface area contributed by atoms with Crippen LogP contribution >= 0.6 is 0 Å². The predicted octanol–water partition coefficient (Wildman–Crippen LogP) is 2.19. The molecule has 2 aromatic rings. The van der Waals surface area contributed by atoms with E-state index in [9.17, 15) is 4.39 Å². The molecule has 3 nitrogen and oxygen atoms in total. The summed E-state index contributed by atoms with van der Waals surface area (Å²) in [6.45, 7) is 0. The quantitative estimate of drug-likeness (QED) is 0.879. The Bertz CT molecular complexity index is 493. The van der Waals surface area contributed by atoms with E-state index in [-0.39, 0.29) is 11.9 Å². The monoisotopic (exact) mass is 233 g/mol. The molecule has 2 rings (SSSR count). The molecule has 1 aromatic heterocycles. The number of hydrogen-bond acceptors (Lipinski definition) is 2. The topological polar surface area (TPSA) is 43.8 Å². The third-order valence-corrected chi connectivity index (χ3v) is 2.81. The third kappa shape index (κ3) is 2.91. The van der Waals surface area contributed by atoms with Crippen molar-refractivity contribution in [3.05, 3.63) is 53.6 Å². The molecule has 0 bridgehead atoms. The number of hydrogen-bond donors (Lipinski definition) is 1. The van der Waals surface area contributed by atoms with Crippen LogP contribution in [0.4, 0.5) is 4.39 Å². The summed E-state index contributed by atoms with van der Waals surface area (Å²) in [4.78, 5) is 0. The molecule has 0 aliphatic carbocycles. The summed E-state index contributed by atoms with van der Waals surface area (Å²) in [6, 6.07) is 6.40. The number of nitrogens with zero attached hydrogens (tertiary/aromatic N) is 2. The molecule has 1 atom stereocenters. The molecule has 17 heavy (non-hydrogen) atoms. The van der Waals surface area contributed by atoms with Gasteiger partial charge in [0.1, 0.15) is 5.82 Å². The van der Waals surface area contributed by atoms with Crippen molar-refractivity contribution in [1.82, 2.24) is 9.78 Å². The normalized spacial score (nSPS) is 12.6. The van der Waals surface area contributed by atoms with Gasteiger partial charge in [0.05, 0.1) is 6.20 Å². The van der Waals surface area contributed by atoms with Gasteiger partial charge in [-0.15, -0.1) is 0 Å². The van der Waals surface area contributed by atoms with Crippen molar-refractivity contribution in [2.75, 3.05) is 0 Å². The second-order valence-corrected chi connectivity index (χ2v) is 4.19. The Kier molecular flexibility index (Phi) is 3.54. The van der Waals surface area contributed by atoms with Gasteiger partial charge < -0.3 is 5.73 Å². The first-order chi connectivity index (χ1) is 8.16. The van der Waals surface area contributed by atoms with E-state index in [2.05, 4.69) is 5.10 Å². The van der Waals surface area contributed by atoms with Crippen molar-refractivity contribution < 1.29 is 4.39 Å². The van der Waals surface area contributed by atoms with Crippen molar-refractivity contribution in [3.63, 3.8) is 0 Å². The average Bonchev–Trinajstić information content (AvgIpc) is 2.73. The molecule has 1 aromatic carbocycles. The molecule has 4 heteroatoms. The van der Waals surface area contributed by atoms with Gasteiger partial charge in [-0.2, -0.15) is 5.10 Å². The van der Waals surface area contributed by atoms with Gasteiger partial charge in [0.15, 0.2) is 0 Å². The van der Waals surface area contributed by atoms with Crippen LogP contribution in [0.15, 0.2) is 36.7 Å². The number of nitrogens with two attached hydrogens (primary N) is 1. The molecule has 1 unspecified atom stereocenters. The van der Waals surface area contributed by atoms with Gasteiger partial charge in [0.2, 0.25) is 0 Å². The molecular formula is C13H16FN3. The highest BCUT2D eigenvalue weighted by atomic mass is 19.1. The number of aromatic nitrogens is 2. The van der Waals surface area contributed by atoms with Gasteiger partial charge in [-0.05, 0) is 24.5 Å². The summed E-state index contributed by atoms with van der Waals surface area (Å²) < 4.78 is 15.2. The Morgan fingerprint density at radius 1 is 1.41 bits per heavy atom. The highest BCUT2D eigenvalue weighted by molar-refractivity contribution is 5.21. The molecule has 0 aliphatic heterocycles. The van der Waals surface area contributed by atoms with Gasteiger partial charge in [0, 0.05) is 24.8 Å². The van der Waals surface area contributed by atoms with Gasteiger partial charge in [-0.3, -0.25) is 4.68 Å². The van der Waals surface area contributed by atoms with Crippen LogP contribution in [0.5, 0.6) is 0 Å². The fraction of sp³-hybridized carbons (Fsp3) is 0.308. The smallest absolute Gasteiger partial charge is 0.127 e. The van der Waals surface area contributed by atoms with Crippen LogP contribution in [-0.4, -0.2) is 9.78 Å². The highest BCUT2D eigenvalue weighted by Crippen LogP contribution is 2.19. The lowest BCUT2D eigenvalue weighted by Crippen LogP contribution is -2.12. The van der Waals surface area contributed by atoms with Crippen molar-refractivity contribution >= 4 is 0 Å². The van der Waals surface area contributed by atoms with Crippen molar-refractivity contribution in [1.29, 1.82) is 0 Å². The zero-order chi connectivity index (χ0) is 12.3. The van der Waals surface area contributed by atoms with Gasteiger partial charge >= 0.3 is 0 Å². The van der Waals surface area contributed by atoms with Gasteiger partial charge in [-0.1, -0.05) is 18.2 Å². The van der Waals surface area contributed by atoms with Gasteiger partial charge in [0.25, 0.3) is 0 Å². The Labute approximate surface area is 100 Å². The lowest BCUT2D eigenvalue weighted by atomic mass is 10.0. The highest BCUT2D eigenvalue weighted by Gasteiger charge is 2.10. The maximum atomic E-state index is 13.5. The molecule has 0 fully saturated rings. The van der Waals surface area contributed by atoms with E-state index in [4.69, 9.17) is 5.73 Å². The number of aryl methyl sites for hydroxylation is 2. The van der Waals surface area contributed by atoms with E-state index in [1.807, 2.05) is 25.5 Å². The number of halogens is 1. The van der Waals surface area contributed by atoms with E-state index in [0.29, 0.717) is 12.0 Å². The fourth-order valence-corrected chi connectivity index (χ4v) is 1.85. The maximum absolute atomic E-state index is 13.5. The van der Waals surface area contributed by atoms with E-state index in [1.54, 1.807) is 16.8 Å². The minimum Gasteiger partial charge on any atom is -0.324 e. The summed E-state index contributed by atoms with van der Waals surface area (Å²) in [7, 11) is 1.88. The van der Waals surface area contributed by atoms with Gasteiger partial charge in [-0.25, -0.2) is 4.39 Å². The van der Waals surface area contributed by atoms with E-state index in [1.165, 1.54) is 6.07 Å². The fourth-order valence-electron chi connectivity index (χ4n) is 1.85. The van der Waals surface area contributed by atoms with Crippen LogP contribution < -0.4 is 5.73 Å². The Morgan fingerprint density at radius 2 is 2.18 bits per heavy atom. The first-order valence-corrected chi connectivity index (χ1v) is 5.64. The summed E-state index contributed by atoms with van der Waals surface area (Å²) in [5.74, 6) is -0.230. The maximum Gasteiger partial charge on any atom is 0.127 e. The Morgan fingerprint density at radius 3 is 2.82 bits per heavy atom. The molecule has 0 aliphatic rings. The van der Waals surface area contributed by atoms with Crippen LogP contribution in [0.3, 0.4) is 0 Å². The van der Waals surface area contributed by atoms with Crippen LogP contribution in [0.1, 0.15) is 23.6 Å². The van der Waals surface area contributed by atoms with Crippen LogP contribution in [-0.2, 0) is 13.5 Å². The van der Waals surface area contributed by atoms with Crippen molar-refractivity contribution in [2.24, 2.45) is 12.8 Å². The zero-order valence-electron chi connectivity index (χ0n) is 9.81. The molecule has 0 spiro atoms. The second kappa shape index (κ2) is 5.10. The second-order valence-electron chi connectivity index (χ2n) is 4.19. The SMILES string of the molecule is Cn1cc(CCC(N)c2ccccc2F)cn1. The van der Waals surface area contributed by atoms with Crippen molar-refractivity contribution in [2.45, 2.75) is 18.9 Å². The number of rotatable bonds is 4. The summed E-state index contributed by atoms with van der Waals surface area (Å²) in [5.41, 5.74) is 7.69. The molecular weight excluding hydrogens is 217 g/mol. The first-order valence-electron chi connectivity index (χ1n) is 5.64. The molecule has 2 N–H and O–H groups in total. The summed E-state index contributed by atoms with van der Waals surface area (Å²) >= 11 is 0. The summed E-state index contributed by atoms with van der Waals surface area (Å²) in [6.07, 6.45) is 5.29.